The standard InChI is InChI=1S/C19H17BrN4OS/c20-16-8-4-7-15(9-16)10-23-12-17(21-22-23)19-24(18(25)13-26-19)11-14-5-2-1-3-6-14/h1-9,12,19H,10-11,13H2/t19-/m0/s1. The Kier molecular flexibility index (Phi) is 5.08. The van der Waals surface area contributed by atoms with Crippen molar-refractivity contribution in [1.29, 1.82) is 0 Å². The minimum atomic E-state index is -0.0843. The molecule has 0 bridgehead atoms. The second kappa shape index (κ2) is 7.63. The fourth-order valence-corrected chi connectivity index (χ4v) is 4.54. The number of thioether (sulfide) groups is 1. The number of carbonyl (C=O) groups is 1. The van der Waals surface area contributed by atoms with E-state index in [0.29, 0.717) is 18.8 Å². The number of halogens is 1. The van der Waals surface area contributed by atoms with Gasteiger partial charge in [0.2, 0.25) is 5.91 Å². The molecule has 0 spiro atoms. The van der Waals surface area contributed by atoms with E-state index in [1.165, 1.54) is 0 Å². The van der Waals surface area contributed by atoms with Crippen molar-refractivity contribution in [1.82, 2.24) is 19.9 Å². The first-order chi connectivity index (χ1) is 12.7. The van der Waals surface area contributed by atoms with E-state index in [9.17, 15) is 4.79 Å². The van der Waals surface area contributed by atoms with Crippen molar-refractivity contribution in [3.63, 3.8) is 0 Å². The Bertz CT molecular complexity index is 915. The summed E-state index contributed by atoms with van der Waals surface area (Å²) >= 11 is 5.09. The molecule has 1 aliphatic rings. The Morgan fingerprint density at radius 1 is 1.08 bits per heavy atom. The molecule has 5 nitrogen and oxygen atoms in total. The molecule has 1 saturated heterocycles. The van der Waals surface area contributed by atoms with Crippen LogP contribution in [0.4, 0.5) is 0 Å². The van der Waals surface area contributed by atoms with Crippen LogP contribution in [-0.4, -0.2) is 31.6 Å². The van der Waals surface area contributed by atoms with Crippen LogP contribution < -0.4 is 0 Å². The topological polar surface area (TPSA) is 51.0 Å². The number of carbonyl (C=O) groups excluding carboxylic acids is 1. The predicted octanol–water partition coefficient (Wildman–Crippen LogP) is 3.86. The zero-order valence-corrected chi connectivity index (χ0v) is 16.4. The Morgan fingerprint density at radius 3 is 2.69 bits per heavy atom. The van der Waals surface area contributed by atoms with Gasteiger partial charge >= 0.3 is 0 Å². The van der Waals surface area contributed by atoms with Crippen molar-refractivity contribution in [3.05, 3.63) is 82.1 Å². The first-order valence-corrected chi connectivity index (χ1v) is 10.1. The maximum atomic E-state index is 12.3. The molecule has 0 aliphatic carbocycles. The number of aromatic nitrogens is 3. The van der Waals surface area contributed by atoms with Crippen molar-refractivity contribution in [2.24, 2.45) is 0 Å². The normalized spacial score (nSPS) is 17.0. The van der Waals surface area contributed by atoms with Gasteiger partial charge in [0.15, 0.2) is 0 Å². The van der Waals surface area contributed by atoms with Crippen LogP contribution in [0.1, 0.15) is 22.2 Å². The van der Waals surface area contributed by atoms with E-state index in [-0.39, 0.29) is 11.3 Å². The molecule has 4 rings (SSSR count). The Labute approximate surface area is 164 Å². The van der Waals surface area contributed by atoms with Gasteiger partial charge in [-0.25, -0.2) is 4.68 Å². The number of benzene rings is 2. The molecule has 0 saturated carbocycles. The molecular formula is C19H17BrN4OS. The first-order valence-electron chi connectivity index (χ1n) is 8.28. The summed E-state index contributed by atoms with van der Waals surface area (Å²) in [6.07, 6.45) is 1.94. The SMILES string of the molecule is O=C1CS[C@@H](c2cn(Cc3cccc(Br)c3)nn2)N1Cc1ccccc1. The third kappa shape index (κ3) is 3.83. The molecule has 0 N–H and O–H groups in total. The van der Waals surface area contributed by atoms with E-state index in [4.69, 9.17) is 0 Å². The molecule has 132 valence electrons. The molecular weight excluding hydrogens is 412 g/mol. The monoisotopic (exact) mass is 428 g/mol. The third-order valence-corrected chi connectivity index (χ3v) is 5.93. The van der Waals surface area contributed by atoms with Crippen LogP contribution in [0.2, 0.25) is 0 Å². The molecule has 7 heteroatoms. The van der Waals surface area contributed by atoms with Crippen LogP contribution >= 0.6 is 27.7 Å². The highest BCUT2D eigenvalue weighted by Gasteiger charge is 2.34. The van der Waals surface area contributed by atoms with Crippen molar-refractivity contribution in [2.45, 2.75) is 18.5 Å². The molecule has 0 radical (unpaired) electrons. The van der Waals surface area contributed by atoms with Crippen LogP contribution in [0.3, 0.4) is 0 Å². The van der Waals surface area contributed by atoms with E-state index in [1.54, 1.807) is 11.8 Å². The van der Waals surface area contributed by atoms with Gasteiger partial charge in [-0.05, 0) is 23.3 Å². The van der Waals surface area contributed by atoms with Crippen LogP contribution in [0.15, 0.2) is 65.3 Å². The van der Waals surface area contributed by atoms with Gasteiger partial charge in [-0.2, -0.15) is 0 Å². The van der Waals surface area contributed by atoms with Gasteiger partial charge in [0.1, 0.15) is 11.1 Å². The molecule has 1 amide bonds. The summed E-state index contributed by atoms with van der Waals surface area (Å²) in [5, 5.41) is 8.50. The summed E-state index contributed by atoms with van der Waals surface area (Å²) < 4.78 is 2.86. The number of hydrogen-bond acceptors (Lipinski definition) is 4. The average molecular weight is 429 g/mol. The van der Waals surface area contributed by atoms with Crippen molar-refractivity contribution >= 4 is 33.6 Å². The van der Waals surface area contributed by atoms with Gasteiger partial charge in [-0.1, -0.05) is 63.6 Å². The summed E-state index contributed by atoms with van der Waals surface area (Å²) in [5.74, 6) is 0.626. The Hall–Kier alpha value is -2.12. The van der Waals surface area contributed by atoms with Gasteiger partial charge < -0.3 is 4.90 Å². The number of amides is 1. The highest BCUT2D eigenvalue weighted by atomic mass is 79.9. The maximum Gasteiger partial charge on any atom is 0.234 e. The maximum absolute atomic E-state index is 12.3. The quantitative estimate of drug-likeness (QED) is 0.618. The lowest BCUT2D eigenvalue weighted by Crippen LogP contribution is -2.27. The minimum Gasteiger partial charge on any atom is -0.320 e. The molecule has 2 heterocycles. The van der Waals surface area contributed by atoms with E-state index in [0.717, 1.165) is 21.3 Å². The van der Waals surface area contributed by atoms with Crippen LogP contribution in [0, 0.1) is 0 Å². The fourth-order valence-electron chi connectivity index (χ4n) is 2.98. The second-order valence-electron chi connectivity index (χ2n) is 6.14. The Morgan fingerprint density at radius 2 is 1.88 bits per heavy atom. The summed E-state index contributed by atoms with van der Waals surface area (Å²) in [4.78, 5) is 14.2. The van der Waals surface area contributed by atoms with Gasteiger partial charge in [-0.15, -0.1) is 16.9 Å². The average Bonchev–Trinajstić information content (AvgIpc) is 3.23. The zero-order valence-electron chi connectivity index (χ0n) is 14.0. The van der Waals surface area contributed by atoms with E-state index in [2.05, 4.69) is 38.4 Å². The largest absolute Gasteiger partial charge is 0.320 e. The number of nitrogens with zero attached hydrogens (tertiary/aromatic N) is 4. The molecule has 0 unspecified atom stereocenters. The van der Waals surface area contributed by atoms with E-state index < -0.39 is 0 Å². The molecule has 2 aromatic carbocycles. The molecule has 1 fully saturated rings. The fraction of sp³-hybridized carbons (Fsp3) is 0.211. The van der Waals surface area contributed by atoms with Crippen molar-refractivity contribution in [2.75, 3.05) is 5.75 Å². The predicted molar refractivity (Wildman–Crippen MR) is 105 cm³/mol. The lowest BCUT2D eigenvalue weighted by atomic mass is 10.2. The van der Waals surface area contributed by atoms with Gasteiger partial charge in [-0.3, -0.25) is 4.79 Å². The number of hydrogen-bond donors (Lipinski definition) is 0. The van der Waals surface area contributed by atoms with E-state index >= 15 is 0 Å². The van der Waals surface area contributed by atoms with Crippen LogP contribution in [0.25, 0.3) is 0 Å². The van der Waals surface area contributed by atoms with E-state index in [1.807, 2.05) is 58.2 Å². The first kappa shape index (κ1) is 17.3. The van der Waals surface area contributed by atoms with Crippen LogP contribution in [0.5, 0.6) is 0 Å². The van der Waals surface area contributed by atoms with Crippen LogP contribution in [-0.2, 0) is 17.9 Å². The van der Waals surface area contributed by atoms with Gasteiger partial charge in [0, 0.05) is 11.0 Å². The molecule has 1 aliphatic heterocycles. The lowest BCUT2D eigenvalue weighted by molar-refractivity contribution is -0.128. The minimum absolute atomic E-state index is 0.0843. The highest BCUT2D eigenvalue weighted by molar-refractivity contribution is 9.10. The molecule has 1 atom stereocenters. The summed E-state index contributed by atoms with van der Waals surface area (Å²) in [5.41, 5.74) is 3.09. The van der Waals surface area contributed by atoms with Crippen molar-refractivity contribution < 1.29 is 4.79 Å². The van der Waals surface area contributed by atoms with Gasteiger partial charge in [0.05, 0.1) is 18.5 Å². The zero-order chi connectivity index (χ0) is 17.9. The van der Waals surface area contributed by atoms with Gasteiger partial charge in [0.25, 0.3) is 0 Å². The molecule has 3 aromatic rings. The molecule has 1 aromatic heterocycles. The van der Waals surface area contributed by atoms with Crippen molar-refractivity contribution in [3.8, 4) is 0 Å². The smallest absolute Gasteiger partial charge is 0.234 e. The summed E-state index contributed by atoms with van der Waals surface area (Å²) in [6.45, 7) is 1.24. The summed E-state index contributed by atoms with van der Waals surface area (Å²) in [6, 6.07) is 18.2. The lowest BCUT2D eigenvalue weighted by Gasteiger charge is -2.22. The second-order valence-corrected chi connectivity index (χ2v) is 8.13. The summed E-state index contributed by atoms with van der Waals surface area (Å²) in [7, 11) is 0. The molecule has 26 heavy (non-hydrogen) atoms. The highest BCUT2D eigenvalue weighted by Crippen LogP contribution is 2.38. The third-order valence-electron chi connectivity index (χ3n) is 4.21. The Balaban J connectivity index is 1.51. The number of rotatable bonds is 5.